The van der Waals surface area contributed by atoms with E-state index in [1.54, 1.807) is 6.07 Å². The van der Waals surface area contributed by atoms with Gasteiger partial charge in [0.05, 0.1) is 11.4 Å². The summed E-state index contributed by atoms with van der Waals surface area (Å²) < 4.78 is 35.6. The second-order valence-electron chi connectivity index (χ2n) is 2.59. The first kappa shape index (κ1) is 11.3. The van der Waals surface area contributed by atoms with Crippen molar-refractivity contribution in [3.63, 3.8) is 0 Å². The molecule has 0 aliphatic heterocycles. The lowest BCUT2D eigenvalue weighted by Crippen LogP contribution is -2.10. The topological polar surface area (TPSA) is 38.9 Å². The second-order valence-corrected chi connectivity index (χ2v) is 3.64. The Morgan fingerprint density at radius 3 is 2.71 bits per heavy atom. The fraction of sp³-hybridized carbons (Fsp3) is 0.375. The summed E-state index contributed by atoms with van der Waals surface area (Å²) >= 11 is 0.736. The molecule has 1 rings (SSSR count). The van der Waals surface area contributed by atoms with Crippen LogP contribution < -0.4 is 5.73 Å². The van der Waals surface area contributed by atoms with Crippen LogP contribution in [0.4, 0.5) is 13.2 Å². The van der Waals surface area contributed by atoms with E-state index in [1.807, 2.05) is 0 Å². The van der Waals surface area contributed by atoms with Crippen LogP contribution in [-0.2, 0) is 6.54 Å². The smallest absolute Gasteiger partial charge is 0.325 e. The fourth-order valence-corrected chi connectivity index (χ4v) is 1.53. The SMILES string of the molecule is NCc1cc(SCC(F)(F)F)ccn1. The summed E-state index contributed by atoms with van der Waals surface area (Å²) in [7, 11) is 0. The number of pyridine rings is 1. The van der Waals surface area contributed by atoms with Crippen molar-refractivity contribution >= 4 is 11.8 Å². The molecule has 0 radical (unpaired) electrons. The monoisotopic (exact) mass is 222 g/mol. The highest BCUT2D eigenvalue weighted by Crippen LogP contribution is 2.26. The van der Waals surface area contributed by atoms with Crippen LogP contribution in [0.1, 0.15) is 5.69 Å². The molecule has 0 bridgehead atoms. The van der Waals surface area contributed by atoms with E-state index in [0.29, 0.717) is 10.6 Å². The predicted molar refractivity (Wildman–Crippen MR) is 48.9 cm³/mol. The third kappa shape index (κ3) is 3.97. The van der Waals surface area contributed by atoms with Gasteiger partial charge in [0.2, 0.25) is 0 Å². The van der Waals surface area contributed by atoms with Gasteiger partial charge in [-0.05, 0) is 12.1 Å². The van der Waals surface area contributed by atoms with Crippen molar-refractivity contribution in [2.75, 3.05) is 5.75 Å². The number of hydrogen-bond acceptors (Lipinski definition) is 3. The molecule has 0 aliphatic carbocycles. The van der Waals surface area contributed by atoms with Crippen molar-refractivity contribution in [1.82, 2.24) is 4.98 Å². The maximum atomic E-state index is 11.9. The molecule has 14 heavy (non-hydrogen) atoms. The summed E-state index contributed by atoms with van der Waals surface area (Å²) in [4.78, 5) is 4.42. The second kappa shape index (κ2) is 4.65. The minimum Gasteiger partial charge on any atom is -0.325 e. The Bertz CT molecular complexity index is 301. The highest BCUT2D eigenvalue weighted by atomic mass is 32.2. The van der Waals surface area contributed by atoms with Crippen LogP contribution in [0.3, 0.4) is 0 Å². The standard InChI is InChI=1S/C8H9F3N2S/c9-8(10,11)5-14-7-1-2-13-6(3-7)4-12/h1-3H,4-5,12H2. The predicted octanol–water partition coefficient (Wildman–Crippen LogP) is 2.19. The average Bonchev–Trinajstić information content (AvgIpc) is 2.14. The molecule has 0 amide bonds. The molecular formula is C8H9F3N2S. The Hall–Kier alpha value is -0.750. The summed E-state index contributed by atoms with van der Waals surface area (Å²) in [6.07, 6.45) is -2.68. The van der Waals surface area contributed by atoms with Gasteiger partial charge in [-0.2, -0.15) is 13.2 Å². The lowest BCUT2D eigenvalue weighted by Gasteiger charge is -2.06. The van der Waals surface area contributed by atoms with E-state index in [9.17, 15) is 13.2 Å². The Balaban J connectivity index is 2.59. The fourth-order valence-electron chi connectivity index (χ4n) is 0.823. The third-order valence-electron chi connectivity index (χ3n) is 1.40. The van der Waals surface area contributed by atoms with E-state index < -0.39 is 11.9 Å². The number of thioether (sulfide) groups is 1. The molecule has 0 atom stereocenters. The van der Waals surface area contributed by atoms with E-state index in [0.717, 1.165) is 11.8 Å². The van der Waals surface area contributed by atoms with Crippen molar-refractivity contribution in [3.05, 3.63) is 24.0 Å². The Kier molecular flexibility index (Phi) is 3.77. The zero-order valence-electron chi connectivity index (χ0n) is 7.21. The summed E-state index contributed by atoms with van der Waals surface area (Å²) in [5.41, 5.74) is 5.90. The van der Waals surface area contributed by atoms with Crippen LogP contribution in [-0.4, -0.2) is 16.9 Å². The van der Waals surface area contributed by atoms with Gasteiger partial charge in [0.15, 0.2) is 0 Å². The largest absolute Gasteiger partial charge is 0.398 e. The molecule has 78 valence electrons. The molecule has 2 N–H and O–H groups in total. The Labute approximate surface area is 83.7 Å². The van der Waals surface area contributed by atoms with E-state index in [4.69, 9.17) is 5.73 Å². The van der Waals surface area contributed by atoms with Crippen LogP contribution >= 0.6 is 11.8 Å². The molecule has 2 nitrogen and oxygen atoms in total. The van der Waals surface area contributed by atoms with E-state index >= 15 is 0 Å². The zero-order chi connectivity index (χ0) is 10.6. The lowest BCUT2D eigenvalue weighted by atomic mass is 10.3. The molecule has 6 heteroatoms. The van der Waals surface area contributed by atoms with Crippen molar-refractivity contribution in [3.8, 4) is 0 Å². The molecule has 1 aromatic heterocycles. The summed E-state index contributed by atoms with van der Waals surface area (Å²) in [6.45, 7) is 0.237. The van der Waals surface area contributed by atoms with E-state index in [2.05, 4.69) is 4.98 Å². The normalized spacial score (nSPS) is 11.7. The lowest BCUT2D eigenvalue weighted by molar-refractivity contribution is -0.105. The van der Waals surface area contributed by atoms with Crippen LogP contribution in [0.25, 0.3) is 0 Å². The molecule has 0 saturated carbocycles. The van der Waals surface area contributed by atoms with Gasteiger partial charge in [-0.25, -0.2) is 0 Å². The molecule has 0 unspecified atom stereocenters. The summed E-state index contributed by atoms with van der Waals surface area (Å²) in [5, 5.41) is 0. The van der Waals surface area contributed by atoms with Crippen molar-refractivity contribution in [1.29, 1.82) is 0 Å². The Morgan fingerprint density at radius 1 is 1.43 bits per heavy atom. The van der Waals surface area contributed by atoms with Gasteiger partial charge in [-0.3, -0.25) is 4.98 Å². The van der Waals surface area contributed by atoms with Crippen molar-refractivity contribution in [2.45, 2.75) is 17.6 Å². The highest BCUT2D eigenvalue weighted by molar-refractivity contribution is 7.99. The van der Waals surface area contributed by atoms with Crippen LogP contribution in [0, 0.1) is 0 Å². The first-order chi connectivity index (χ1) is 6.51. The molecule has 0 aromatic carbocycles. The van der Waals surface area contributed by atoms with Crippen molar-refractivity contribution < 1.29 is 13.2 Å². The maximum Gasteiger partial charge on any atom is 0.398 e. The van der Waals surface area contributed by atoms with E-state index in [1.165, 1.54) is 12.3 Å². The highest BCUT2D eigenvalue weighted by Gasteiger charge is 2.27. The van der Waals surface area contributed by atoms with E-state index in [-0.39, 0.29) is 6.54 Å². The van der Waals surface area contributed by atoms with Gasteiger partial charge in [0.25, 0.3) is 0 Å². The molecule has 1 heterocycles. The van der Waals surface area contributed by atoms with Crippen molar-refractivity contribution in [2.24, 2.45) is 5.73 Å². The molecule has 1 aromatic rings. The quantitative estimate of drug-likeness (QED) is 0.797. The average molecular weight is 222 g/mol. The molecular weight excluding hydrogens is 213 g/mol. The van der Waals surface area contributed by atoms with Crippen LogP contribution in [0.15, 0.2) is 23.2 Å². The number of aromatic nitrogens is 1. The van der Waals surface area contributed by atoms with Gasteiger partial charge in [0.1, 0.15) is 0 Å². The minimum atomic E-state index is -4.14. The van der Waals surface area contributed by atoms with Gasteiger partial charge in [-0.15, -0.1) is 11.8 Å². The van der Waals surface area contributed by atoms with Gasteiger partial charge >= 0.3 is 6.18 Å². The molecule has 0 spiro atoms. The summed E-state index contributed by atoms with van der Waals surface area (Å²) in [5.74, 6) is -0.888. The molecule has 0 fully saturated rings. The van der Waals surface area contributed by atoms with Crippen LogP contribution in [0.5, 0.6) is 0 Å². The maximum absolute atomic E-state index is 11.9. The number of alkyl halides is 3. The number of nitrogens with two attached hydrogens (primary N) is 1. The third-order valence-corrected chi connectivity index (χ3v) is 2.46. The number of rotatable bonds is 3. The number of nitrogens with zero attached hydrogens (tertiary/aromatic N) is 1. The summed E-state index contributed by atoms with van der Waals surface area (Å²) in [6, 6.07) is 3.10. The van der Waals surface area contributed by atoms with Crippen LogP contribution in [0.2, 0.25) is 0 Å². The first-order valence-corrected chi connectivity index (χ1v) is 4.84. The van der Waals surface area contributed by atoms with Gasteiger partial charge in [-0.1, -0.05) is 0 Å². The molecule has 0 saturated heterocycles. The Morgan fingerprint density at radius 2 is 2.14 bits per heavy atom. The number of hydrogen-bond donors (Lipinski definition) is 1. The first-order valence-electron chi connectivity index (χ1n) is 3.86. The zero-order valence-corrected chi connectivity index (χ0v) is 8.03. The number of halogens is 3. The minimum absolute atomic E-state index is 0.237. The molecule has 0 aliphatic rings. The van der Waals surface area contributed by atoms with Gasteiger partial charge < -0.3 is 5.73 Å². The van der Waals surface area contributed by atoms with Gasteiger partial charge in [0, 0.05) is 17.6 Å².